The normalized spacial score (nSPS) is 16.4. The summed E-state index contributed by atoms with van der Waals surface area (Å²) in [7, 11) is 0. The van der Waals surface area contributed by atoms with E-state index in [9.17, 15) is 18.3 Å². The smallest absolute Gasteiger partial charge is 0.417 e. The number of halogens is 3. The molecule has 2 heterocycles. The molecule has 0 amide bonds. The van der Waals surface area contributed by atoms with Gasteiger partial charge in [-0.25, -0.2) is 4.98 Å². The quantitative estimate of drug-likeness (QED) is 0.702. The fourth-order valence-corrected chi connectivity index (χ4v) is 3.24. The Morgan fingerprint density at radius 1 is 1.00 bits per heavy atom. The molecule has 3 rings (SSSR count). The zero-order chi connectivity index (χ0) is 21.6. The van der Waals surface area contributed by atoms with Crippen LogP contribution in [0.5, 0.6) is 11.5 Å². The zero-order valence-electron chi connectivity index (χ0n) is 16.8. The maximum absolute atomic E-state index is 12.7. The number of rotatable bonds is 8. The first-order chi connectivity index (χ1) is 14.3. The highest BCUT2D eigenvalue weighted by Gasteiger charge is 2.31. The molecule has 1 unspecified atom stereocenters. The lowest BCUT2D eigenvalue weighted by atomic mass is 10.2. The van der Waals surface area contributed by atoms with Crippen LogP contribution in [-0.4, -0.2) is 67.0 Å². The van der Waals surface area contributed by atoms with Gasteiger partial charge >= 0.3 is 6.18 Å². The summed E-state index contributed by atoms with van der Waals surface area (Å²) in [5.41, 5.74) is -0.750. The Bertz CT molecular complexity index is 777. The number of hydrogen-bond donors (Lipinski definition) is 1. The number of anilines is 1. The van der Waals surface area contributed by atoms with Crippen LogP contribution in [0.15, 0.2) is 42.6 Å². The number of aliphatic hydroxyl groups is 1. The molecule has 1 atom stereocenters. The molecule has 1 saturated heterocycles. The second kappa shape index (κ2) is 9.99. The van der Waals surface area contributed by atoms with Gasteiger partial charge in [-0.3, -0.25) is 4.90 Å². The van der Waals surface area contributed by atoms with Crippen LogP contribution in [-0.2, 0) is 6.18 Å². The number of aromatic nitrogens is 1. The molecule has 0 bridgehead atoms. The Labute approximate surface area is 173 Å². The molecule has 0 spiro atoms. The summed E-state index contributed by atoms with van der Waals surface area (Å²) in [6.07, 6.45) is -4.16. The predicted octanol–water partition coefficient (Wildman–Crippen LogP) is 3.06. The first-order valence-corrected chi connectivity index (χ1v) is 9.89. The molecule has 1 aliphatic rings. The summed E-state index contributed by atoms with van der Waals surface area (Å²) in [5.74, 6) is 1.96. The highest BCUT2D eigenvalue weighted by Crippen LogP contribution is 2.29. The molecule has 164 valence electrons. The minimum atomic E-state index is -4.38. The summed E-state index contributed by atoms with van der Waals surface area (Å²) >= 11 is 0. The monoisotopic (exact) mass is 425 g/mol. The van der Waals surface area contributed by atoms with Crippen molar-refractivity contribution in [3.05, 3.63) is 48.2 Å². The lowest BCUT2D eigenvalue weighted by Crippen LogP contribution is -2.49. The minimum Gasteiger partial charge on any atom is -0.494 e. The molecule has 0 aliphatic carbocycles. The standard InChI is InChI=1S/C21H26F3N3O3/c1-2-29-18-4-6-19(7-5-18)30-15-17(28)14-26-9-11-27(12-10-26)20-8-3-16(13-25-20)21(22,23)24/h3-8,13,17,28H,2,9-12,14-15H2,1H3. The third kappa shape index (κ3) is 6.24. The van der Waals surface area contributed by atoms with Gasteiger partial charge in [0.15, 0.2) is 0 Å². The van der Waals surface area contributed by atoms with Gasteiger partial charge in [-0.15, -0.1) is 0 Å². The molecule has 1 N–H and O–H groups in total. The summed E-state index contributed by atoms with van der Waals surface area (Å²) in [4.78, 5) is 7.99. The number of β-amino-alcohol motifs (C(OH)–C–C–N with tert-alkyl or cyclic N) is 1. The molecule has 9 heteroatoms. The Hall–Kier alpha value is -2.52. The van der Waals surface area contributed by atoms with Crippen LogP contribution in [0.1, 0.15) is 12.5 Å². The summed E-state index contributed by atoms with van der Waals surface area (Å²) in [6.45, 7) is 5.78. The number of nitrogens with zero attached hydrogens (tertiary/aromatic N) is 3. The molecule has 1 fully saturated rings. The van der Waals surface area contributed by atoms with Gasteiger partial charge in [-0.1, -0.05) is 0 Å². The van der Waals surface area contributed by atoms with E-state index in [1.165, 1.54) is 6.07 Å². The Kier molecular flexibility index (Phi) is 7.38. The molecule has 2 aromatic rings. The SMILES string of the molecule is CCOc1ccc(OCC(O)CN2CCN(c3ccc(C(F)(F)F)cn3)CC2)cc1. The fourth-order valence-electron chi connectivity index (χ4n) is 3.24. The van der Waals surface area contributed by atoms with Crippen LogP contribution in [0.25, 0.3) is 0 Å². The van der Waals surface area contributed by atoms with Crippen LogP contribution in [0.3, 0.4) is 0 Å². The van der Waals surface area contributed by atoms with Gasteiger partial charge < -0.3 is 19.5 Å². The van der Waals surface area contributed by atoms with Crippen LogP contribution >= 0.6 is 0 Å². The summed E-state index contributed by atoms with van der Waals surface area (Å²) in [5, 5.41) is 10.3. The number of ether oxygens (including phenoxy) is 2. The van der Waals surface area contributed by atoms with Gasteiger partial charge in [-0.05, 0) is 43.3 Å². The van der Waals surface area contributed by atoms with Crippen molar-refractivity contribution in [3.8, 4) is 11.5 Å². The van der Waals surface area contributed by atoms with E-state index in [0.29, 0.717) is 50.9 Å². The zero-order valence-corrected chi connectivity index (χ0v) is 16.8. The molecule has 0 radical (unpaired) electrons. The molecule has 30 heavy (non-hydrogen) atoms. The third-order valence-corrected chi connectivity index (χ3v) is 4.82. The molecular weight excluding hydrogens is 399 g/mol. The molecule has 1 aromatic carbocycles. The van der Waals surface area contributed by atoms with Crippen LogP contribution in [0, 0.1) is 0 Å². The lowest BCUT2D eigenvalue weighted by Gasteiger charge is -2.36. The van der Waals surface area contributed by atoms with Gasteiger partial charge in [0, 0.05) is 38.9 Å². The average Bonchev–Trinajstić information content (AvgIpc) is 2.73. The van der Waals surface area contributed by atoms with Gasteiger partial charge in [-0.2, -0.15) is 13.2 Å². The van der Waals surface area contributed by atoms with Crippen LogP contribution in [0.4, 0.5) is 19.0 Å². The van der Waals surface area contributed by atoms with Gasteiger partial charge in [0.25, 0.3) is 0 Å². The van der Waals surface area contributed by atoms with Gasteiger partial charge in [0.05, 0.1) is 12.2 Å². The Morgan fingerprint density at radius 2 is 1.63 bits per heavy atom. The largest absolute Gasteiger partial charge is 0.494 e. The lowest BCUT2D eigenvalue weighted by molar-refractivity contribution is -0.137. The number of alkyl halides is 3. The van der Waals surface area contributed by atoms with E-state index in [0.717, 1.165) is 18.0 Å². The molecule has 1 aliphatic heterocycles. The number of piperazine rings is 1. The number of aliphatic hydroxyl groups excluding tert-OH is 1. The van der Waals surface area contributed by atoms with Gasteiger partial charge in [0.1, 0.15) is 30.0 Å². The predicted molar refractivity (Wildman–Crippen MR) is 107 cm³/mol. The van der Waals surface area contributed by atoms with E-state index in [4.69, 9.17) is 9.47 Å². The van der Waals surface area contributed by atoms with Crippen molar-refractivity contribution < 1.29 is 27.8 Å². The third-order valence-electron chi connectivity index (χ3n) is 4.82. The number of hydrogen-bond acceptors (Lipinski definition) is 6. The van der Waals surface area contributed by atoms with Gasteiger partial charge in [0.2, 0.25) is 0 Å². The van der Waals surface area contributed by atoms with E-state index >= 15 is 0 Å². The maximum Gasteiger partial charge on any atom is 0.417 e. The van der Waals surface area contributed by atoms with Crippen molar-refractivity contribution in [1.82, 2.24) is 9.88 Å². The molecule has 6 nitrogen and oxygen atoms in total. The van der Waals surface area contributed by atoms with Crippen molar-refractivity contribution in [3.63, 3.8) is 0 Å². The summed E-state index contributed by atoms with van der Waals surface area (Å²) in [6, 6.07) is 9.69. The van der Waals surface area contributed by atoms with Crippen LogP contribution < -0.4 is 14.4 Å². The van der Waals surface area contributed by atoms with E-state index in [-0.39, 0.29) is 6.61 Å². The van der Waals surface area contributed by atoms with Crippen molar-refractivity contribution in [2.45, 2.75) is 19.2 Å². The minimum absolute atomic E-state index is 0.175. The second-order valence-electron chi connectivity index (χ2n) is 7.06. The maximum atomic E-state index is 12.7. The highest BCUT2D eigenvalue weighted by atomic mass is 19.4. The number of pyridine rings is 1. The average molecular weight is 425 g/mol. The topological polar surface area (TPSA) is 58.1 Å². The Morgan fingerprint density at radius 3 is 2.17 bits per heavy atom. The van der Waals surface area contributed by atoms with E-state index in [1.807, 2.05) is 24.0 Å². The van der Waals surface area contributed by atoms with E-state index in [2.05, 4.69) is 9.88 Å². The first-order valence-electron chi connectivity index (χ1n) is 9.89. The molecule has 0 saturated carbocycles. The van der Waals surface area contributed by atoms with Crippen molar-refractivity contribution >= 4 is 5.82 Å². The first kappa shape index (κ1) is 22.2. The number of benzene rings is 1. The summed E-state index contributed by atoms with van der Waals surface area (Å²) < 4.78 is 49.0. The second-order valence-corrected chi connectivity index (χ2v) is 7.06. The van der Waals surface area contributed by atoms with Crippen molar-refractivity contribution in [2.24, 2.45) is 0 Å². The molecule has 1 aromatic heterocycles. The van der Waals surface area contributed by atoms with Crippen molar-refractivity contribution in [1.29, 1.82) is 0 Å². The van der Waals surface area contributed by atoms with E-state index in [1.54, 1.807) is 12.1 Å². The fraction of sp³-hybridized carbons (Fsp3) is 0.476. The Balaban J connectivity index is 1.40. The van der Waals surface area contributed by atoms with Crippen LogP contribution in [0.2, 0.25) is 0 Å². The van der Waals surface area contributed by atoms with E-state index < -0.39 is 17.8 Å². The van der Waals surface area contributed by atoms with Crippen molar-refractivity contribution in [2.75, 3.05) is 50.8 Å². The highest BCUT2D eigenvalue weighted by molar-refractivity contribution is 5.40. The molecular formula is C21H26F3N3O3.